The van der Waals surface area contributed by atoms with Gasteiger partial charge in [0.25, 0.3) is 5.56 Å². The zero-order chi connectivity index (χ0) is 14.8. The number of fused-ring (bicyclic) bond motifs is 1. The van der Waals surface area contributed by atoms with Crippen LogP contribution in [-0.4, -0.2) is 10.4 Å². The number of rotatable bonds is 3. The van der Waals surface area contributed by atoms with Crippen LogP contribution in [-0.2, 0) is 6.54 Å². The molecule has 3 rings (SSSR count). The fraction of sp³-hybridized carbons (Fsp3) is 0.111. The van der Waals surface area contributed by atoms with Gasteiger partial charge in [-0.25, -0.2) is 0 Å². The Hall–Kier alpha value is -2.68. The fourth-order valence-electron chi connectivity index (χ4n) is 2.46. The largest absolute Gasteiger partial charge is 0.300 e. The summed E-state index contributed by atoms with van der Waals surface area (Å²) < 4.78 is 1.53. The Morgan fingerprint density at radius 2 is 1.81 bits per heavy atom. The van der Waals surface area contributed by atoms with Gasteiger partial charge in [-0.05, 0) is 30.5 Å². The van der Waals surface area contributed by atoms with Gasteiger partial charge in [0.15, 0.2) is 5.78 Å². The van der Waals surface area contributed by atoms with E-state index in [1.165, 1.54) is 10.6 Å². The van der Waals surface area contributed by atoms with Gasteiger partial charge >= 0.3 is 0 Å². The van der Waals surface area contributed by atoms with Crippen LogP contribution in [0.2, 0.25) is 0 Å². The molecule has 0 N–H and O–H groups in total. The normalized spacial score (nSPS) is 10.7. The van der Waals surface area contributed by atoms with Gasteiger partial charge in [0, 0.05) is 11.6 Å². The number of ketones is 1. The third-order valence-corrected chi connectivity index (χ3v) is 3.54. The average molecular weight is 277 g/mol. The summed E-state index contributed by atoms with van der Waals surface area (Å²) in [6.45, 7) is 2.00. The van der Waals surface area contributed by atoms with Crippen molar-refractivity contribution in [2.24, 2.45) is 0 Å². The smallest absolute Gasteiger partial charge is 0.251 e. The number of benzene rings is 2. The van der Waals surface area contributed by atoms with Gasteiger partial charge in [-0.2, -0.15) is 0 Å². The topological polar surface area (TPSA) is 39.1 Å². The molecule has 1 aromatic heterocycles. The first-order valence-electron chi connectivity index (χ1n) is 6.83. The van der Waals surface area contributed by atoms with Gasteiger partial charge in [0.05, 0.1) is 12.1 Å². The molecule has 0 aliphatic rings. The van der Waals surface area contributed by atoms with Crippen molar-refractivity contribution in [2.45, 2.75) is 13.5 Å². The average Bonchev–Trinajstić information content (AvgIpc) is 2.50. The van der Waals surface area contributed by atoms with E-state index in [1.54, 1.807) is 12.1 Å². The molecule has 21 heavy (non-hydrogen) atoms. The van der Waals surface area contributed by atoms with Gasteiger partial charge in [0.2, 0.25) is 0 Å². The summed E-state index contributed by atoms with van der Waals surface area (Å²) >= 11 is 0. The number of Topliss-reactive ketones (excluding diaryl/α,β-unsaturated/α-hetero) is 1. The van der Waals surface area contributed by atoms with Crippen molar-refractivity contribution >= 4 is 16.7 Å². The van der Waals surface area contributed by atoms with Gasteiger partial charge in [-0.1, -0.05) is 42.0 Å². The number of carbonyl (C=O) groups is 1. The highest BCUT2D eigenvalue weighted by Crippen LogP contribution is 2.12. The molecule has 3 nitrogen and oxygen atoms in total. The minimum Gasteiger partial charge on any atom is -0.300 e. The van der Waals surface area contributed by atoms with Crippen molar-refractivity contribution in [1.29, 1.82) is 0 Å². The van der Waals surface area contributed by atoms with Crippen LogP contribution >= 0.6 is 0 Å². The highest BCUT2D eigenvalue weighted by molar-refractivity contribution is 5.96. The Kier molecular flexibility index (Phi) is 3.40. The molecule has 0 bridgehead atoms. The standard InChI is InChI=1S/C18H15NO2/c1-13-5-4-7-15(11-13)17(20)12-19-16-8-3-2-6-14(16)9-10-18(19)21/h2-11H,12H2,1H3. The third kappa shape index (κ3) is 2.63. The molecule has 0 atom stereocenters. The number of hydrogen-bond acceptors (Lipinski definition) is 2. The van der Waals surface area contributed by atoms with E-state index < -0.39 is 0 Å². The van der Waals surface area contributed by atoms with E-state index in [-0.39, 0.29) is 17.9 Å². The van der Waals surface area contributed by atoms with E-state index in [9.17, 15) is 9.59 Å². The van der Waals surface area contributed by atoms with Crippen molar-refractivity contribution in [3.63, 3.8) is 0 Å². The lowest BCUT2D eigenvalue weighted by Gasteiger charge is -2.09. The number of carbonyl (C=O) groups excluding carboxylic acids is 1. The van der Waals surface area contributed by atoms with Gasteiger partial charge < -0.3 is 4.57 Å². The van der Waals surface area contributed by atoms with Crippen LogP contribution in [0.15, 0.2) is 65.5 Å². The Labute approximate surface area is 122 Å². The molecular weight excluding hydrogens is 262 g/mol. The summed E-state index contributed by atoms with van der Waals surface area (Å²) in [5.74, 6) is -0.0582. The summed E-state index contributed by atoms with van der Waals surface area (Å²) in [7, 11) is 0. The molecule has 0 amide bonds. The van der Waals surface area contributed by atoms with Crippen LogP contribution in [0.3, 0.4) is 0 Å². The lowest BCUT2D eigenvalue weighted by atomic mass is 10.1. The minimum atomic E-state index is -0.158. The number of nitrogens with zero attached hydrogens (tertiary/aromatic N) is 1. The van der Waals surface area contributed by atoms with E-state index >= 15 is 0 Å². The number of aryl methyl sites for hydroxylation is 1. The van der Waals surface area contributed by atoms with Crippen LogP contribution in [0.25, 0.3) is 10.9 Å². The Balaban J connectivity index is 2.04. The number of hydrogen-bond donors (Lipinski definition) is 0. The molecule has 0 spiro atoms. The zero-order valence-electron chi connectivity index (χ0n) is 11.7. The molecule has 1 heterocycles. The molecule has 0 aliphatic carbocycles. The molecule has 0 saturated carbocycles. The lowest BCUT2D eigenvalue weighted by molar-refractivity contribution is 0.0972. The summed E-state index contributed by atoms with van der Waals surface area (Å²) in [6.07, 6.45) is 0. The second-order valence-electron chi connectivity index (χ2n) is 5.11. The summed E-state index contributed by atoms with van der Waals surface area (Å²) in [5, 5.41) is 0.953. The monoisotopic (exact) mass is 277 g/mol. The molecular formula is C18H15NO2. The molecule has 0 fully saturated rings. The zero-order valence-corrected chi connectivity index (χ0v) is 11.7. The van der Waals surface area contributed by atoms with Gasteiger partial charge in [0.1, 0.15) is 0 Å². The maximum Gasteiger partial charge on any atom is 0.251 e. The SMILES string of the molecule is Cc1cccc(C(=O)Cn2c(=O)ccc3ccccc32)c1. The summed E-state index contributed by atoms with van der Waals surface area (Å²) in [6, 6.07) is 18.3. The first kappa shape index (κ1) is 13.3. The highest BCUT2D eigenvalue weighted by atomic mass is 16.1. The van der Waals surface area contributed by atoms with E-state index in [4.69, 9.17) is 0 Å². The predicted molar refractivity (Wildman–Crippen MR) is 83.7 cm³/mol. The van der Waals surface area contributed by atoms with Crippen LogP contribution < -0.4 is 5.56 Å². The predicted octanol–water partition coefficient (Wildman–Crippen LogP) is 3.19. The molecule has 0 radical (unpaired) electrons. The van der Waals surface area contributed by atoms with Crippen molar-refractivity contribution in [3.05, 3.63) is 82.1 Å². The molecule has 3 aromatic rings. The Morgan fingerprint density at radius 1 is 1.00 bits per heavy atom. The molecule has 3 heteroatoms. The minimum absolute atomic E-state index is 0.0582. The highest BCUT2D eigenvalue weighted by Gasteiger charge is 2.10. The van der Waals surface area contributed by atoms with Crippen molar-refractivity contribution in [1.82, 2.24) is 4.57 Å². The Bertz CT molecular complexity index is 878. The fourth-order valence-corrected chi connectivity index (χ4v) is 2.46. The second kappa shape index (κ2) is 5.37. The van der Waals surface area contributed by atoms with E-state index in [2.05, 4.69) is 0 Å². The molecule has 2 aromatic carbocycles. The number of pyridine rings is 1. The third-order valence-electron chi connectivity index (χ3n) is 3.54. The number of para-hydroxylation sites is 1. The maximum atomic E-state index is 12.4. The lowest BCUT2D eigenvalue weighted by Crippen LogP contribution is -2.23. The van der Waals surface area contributed by atoms with Gasteiger partial charge in [-0.15, -0.1) is 0 Å². The van der Waals surface area contributed by atoms with E-state index in [0.29, 0.717) is 5.56 Å². The first-order valence-corrected chi connectivity index (χ1v) is 6.83. The summed E-state index contributed by atoms with van der Waals surface area (Å²) in [4.78, 5) is 24.5. The molecule has 0 aliphatic heterocycles. The van der Waals surface area contributed by atoms with Crippen LogP contribution in [0.4, 0.5) is 0 Å². The van der Waals surface area contributed by atoms with Crippen molar-refractivity contribution in [2.75, 3.05) is 0 Å². The van der Waals surface area contributed by atoms with E-state index in [0.717, 1.165) is 16.5 Å². The second-order valence-corrected chi connectivity index (χ2v) is 5.11. The van der Waals surface area contributed by atoms with E-state index in [1.807, 2.05) is 49.4 Å². The van der Waals surface area contributed by atoms with Crippen LogP contribution in [0.1, 0.15) is 15.9 Å². The van der Waals surface area contributed by atoms with Crippen molar-refractivity contribution < 1.29 is 4.79 Å². The van der Waals surface area contributed by atoms with Crippen molar-refractivity contribution in [3.8, 4) is 0 Å². The van der Waals surface area contributed by atoms with Gasteiger partial charge in [-0.3, -0.25) is 9.59 Å². The maximum absolute atomic E-state index is 12.4. The first-order chi connectivity index (χ1) is 10.1. The quantitative estimate of drug-likeness (QED) is 0.690. The van der Waals surface area contributed by atoms with Crippen LogP contribution in [0, 0.1) is 6.92 Å². The van der Waals surface area contributed by atoms with Crippen LogP contribution in [0.5, 0.6) is 0 Å². The summed E-state index contributed by atoms with van der Waals surface area (Å²) in [5.41, 5.74) is 2.29. The molecule has 104 valence electrons. The number of aromatic nitrogens is 1. The molecule has 0 unspecified atom stereocenters. The Morgan fingerprint density at radius 3 is 2.62 bits per heavy atom. The molecule has 0 saturated heterocycles.